The van der Waals surface area contributed by atoms with Crippen LogP contribution in [0.25, 0.3) is 0 Å². The minimum atomic E-state index is -0.940. The van der Waals surface area contributed by atoms with E-state index in [0.717, 1.165) is 12.3 Å². The maximum absolute atomic E-state index is 5.57. The zero-order chi connectivity index (χ0) is 10.6. The van der Waals surface area contributed by atoms with Gasteiger partial charge in [0, 0.05) is 20.9 Å². The lowest BCUT2D eigenvalue weighted by molar-refractivity contribution is 0.0871. The number of rotatable bonds is 5. The van der Waals surface area contributed by atoms with Gasteiger partial charge in [0.05, 0.1) is 12.0 Å². The molecule has 0 saturated heterocycles. The molecule has 0 bridgehead atoms. The summed E-state index contributed by atoms with van der Waals surface area (Å²) in [5.74, 6) is 0. The molecule has 0 N–H and O–H groups in total. The molecule has 0 aliphatic rings. The van der Waals surface area contributed by atoms with Crippen molar-refractivity contribution in [3.05, 3.63) is 18.2 Å². The van der Waals surface area contributed by atoms with E-state index in [1.54, 1.807) is 0 Å². The highest BCUT2D eigenvalue weighted by molar-refractivity contribution is 6.76. The Bertz CT molecular complexity index is 278. The maximum atomic E-state index is 5.57. The van der Waals surface area contributed by atoms with Crippen LogP contribution in [0.2, 0.25) is 25.7 Å². The van der Waals surface area contributed by atoms with E-state index in [0.29, 0.717) is 6.73 Å². The van der Waals surface area contributed by atoms with Crippen LogP contribution in [0, 0.1) is 6.92 Å². The normalized spacial score (nSPS) is 12.0. The van der Waals surface area contributed by atoms with Crippen LogP contribution in [0.4, 0.5) is 0 Å². The van der Waals surface area contributed by atoms with Crippen molar-refractivity contribution in [2.75, 3.05) is 6.61 Å². The van der Waals surface area contributed by atoms with E-state index in [1.807, 2.05) is 24.0 Å². The zero-order valence-electron chi connectivity index (χ0n) is 9.58. The predicted octanol–water partition coefficient (Wildman–Crippen LogP) is 2.50. The van der Waals surface area contributed by atoms with Gasteiger partial charge in [0.15, 0.2) is 0 Å². The van der Waals surface area contributed by atoms with Crippen molar-refractivity contribution in [2.45, 2.75) is 39.3 Å². The van der Waals surface area contributed by atoms with Crippen LogP contribution < -0.4 is 0 Å². The minimum Gasteiger partial charge on any atom is -0.361 e. The molecule has 0 amide bonds. The molecule has 0 aliphatic heterocycles. The van der Waals surface area contributed by atoms with Crippen LogP contribution in [0.5, 0.6) is 0 Å². The van der Waals surface area contributed by atoms with Gasteiger partial charge in [0.1, 0.15) is 6.73 Å². The van der Waals surface area contributed by atoms with E-state index in [-0.39, 0.29) is 0 Å². The molecule has 14 heavy (non-hydrogen) atoms. The molecule has 0 fully saturated rings. The third-order valence-corrected chi connectivity index (χ3v) is 3.70. The molecule has 3 nitrogen and oxygen atoms in total. The summed E-state index contributed by atoms with van der Waals surface area (Å²) in [6.45, 7) is 10.6. The molecule has 0 saturated carbocycles. The van der Waals surface area contributed by atoms with Crippen molar-refractivity contribution < 1.29 is 4.74 Å². The molecule has 1 aromatic rings. The number of nitrogens with zero attached hydrogens (tertiary/aromatic N) is 2. The Kier molecular flexibility index (Phi) is 3.89. The van der Waals surface area contributed by atoms with Gasteiger partial charge in [0.25, 0.3) is 0 Å². The average molecular weight is 212 g/mol. The summed E-state index contributed by atoms with van der Waals surface area (Å²) in [4.78, 5) is 4.14. The van der Waals surface area contributed by atoms with Gasteiger partial charge < -0.3 is 9.30 Å². The summed E-state index contributed by atoms with van der Waals surface area (Å²) in [5.41, 5.74) is 1.04. The molecular weight excluding hydrogens is 192 g/mol. The molecule has 80 valence electrons. The SMILES string of the molecule is Cc1cn(COCC[Si](C)(C)C)cn1. The number of imidazole rings is 1. The van der Waals surface area contributed by atoms with Gasteiger partial charge >= 0.3 is 0 Å². The summed E-state index contributed by atoms with van der Waals surface area (Å²) in [7, 11) is -0.940. The van der Waals surface area contributed by atoms with Gasteiger partial charge in [0.2, 0.25) is 0 Å². The van der Waals surface area contributed by atoms with E-state index < -0.39 is 8.07 Å². The quantitative estimate of drug-likeness (QED) is 0.554. The summed E-state index contributed by atoms with van der Waals surface area (Å²) in [6, 6.07) is 1.22. The van der Waals surface area contributed by atoms with Gasteiger partial charge in [-0.05, 0) is 13.0 Å². The van der Waals surface area contributed by atoms with E-state index in [2.05, 4.69) is 24.6 Å². The maximum Gasteiger partial charge on any atom is 0.123 e. The largest absolute Gasteiger partial charge is 0.361 e. The van der Waals surface area contributed by atoms with E-state index >= 15 is 0 Å². The third kappa shape index (κ3) is 4.57. The lowest BCUT2D eigenvalue weighted by Gasteiger charge is -2.15. The van der Waals surface area contributed by atoms with Gasteiger partial charge in [-0.25, -0.2) is 4.98 Å². The first kappa shape index (κ1) is 11.5. The lowest BCUT2D eigenvalue weighted by Crippen LogP contribution is -2.21. The number of aryl methyl sites for hydroxylation is 1. The molecule has 1 rings (SSSR count). The Labute approximate surface area is 87.1 Å². The lowest BCUT2D eigenvalue weighted by atomic mass is 10.6. The number of aromatic nitrogens is 2. The highest BCUT2D eigenvalue weighted by Gasteiger charge is 2.11. The van der Waals surface area contributed by atoms with E-state index in [1.165, 1.54) is 6.04 Å². The molecule has 0 radical (unpaired) electrons. The van der Waals surface area contributed by atoms with Crippen LogP contribution in [0.15, 0.2) is 12.5 Å². The van der Waals surface area contributed by atoms with Gasteiger partial charge in [-0.15, -0.1) is 0 Å². The summed E-state index contributed by atoms with van der Waals surface area (Å²) < 4.78 is 7.54. The topological polar surface area (TPSA) is 27.1 Å². The fourth-order valence-corrected chi connectivity index (χ4v) is 1.85. The Morgan fingerprint density at radius 1 is 1.43 bits per heavy atom. The molecule has 4 heteroatoms. The monoisotopic (exact) mass is 212 g/mol. The Hall–Kier alpha value is -0.613. The van der Waals surface area contributed by atoms with Crippen LogP contribution in [-0.2, 0) is 11.5 Å². The van der Waals surface area contributed by atoms with Crippen LogP contribution in [0.1, 0.15) is 5.69 Å². The van der Waals surface area contributed by atoms with Crippen molar-refractivity contribution in [2.24, 2.45) is 0 Å². The fourth-order valence-electron chi connectivity index (χ4n) is 1.09. The molecular formula is C10H20N2OSi. The van der Waals surface area contributed by atoms with Crippen LogP contribution >= 0.6 is 0 Å². The smallest absolute Gasteiger partial charge is 0.123 e. The van der Waals surface area contributed by atoms with Gasteiger partial charge in [-0.3, -0.25) is 0 Å². The first-order valence-electron chi connectivity index (χ1n) is 5.03. The van der Waals surface area contributed by atoms with Crippen molar-refractivity contribution in [3.8, 4) is 0 Å². The minimum absolute atomic E-state index is 0.630. The molecule has 1 aromatic heterocycles. The standard InChI is InChI=1S/C10H20N2OSi/c1-10-7-12(8-11-10)9-13-5-6-14(2,3)4/h7-8H,5-6,9H2,1-4H3. The van der Waals surface area contributed by atoms with Crippen LogP contribution in [0.3, 0.4) is 0 Å². The summed E-state index contributed by atoms with van der Waals surface area (Å²) in [6.07, 6.45) is 3.80. The number of hydrogen-bond donors (Lipinski definition) is 0. The van der Waals surface area contributed by atoms with Crippen molar-refractivity contribution >= 4 is 8.07 Å². The zero-order valence-corrected chi connectivity index (χ0v) is 10.6. The second kappa shape index (κ2) is 4.75. The number of ether oxygens (including phenoxy) is 1. The van der Waals surface area contributed by atoms with E-state index in [4.69, 9.17) is 4.74 Å². The second-order valence-corrected chi connectivity index (χ2v) is 10.5. The van der Waals surface area contributed by atoms with Crippen molar-refractivity contribution in [1.82, 2.24) is 9.55 Å². The first-order valence-corrected chi connectivity index (χ1v) is 8.74. The highest BCUT2D eigenvalue weighted by atomic mass is 28.3. The summed E-state index contributed by atoms with van der Waals surface area (Å²) >= 11 is 0. The highest BCUT2D eigenvalue weighted by Crippen LogP contribution is 2.07. The first-order chi connectivity index (χ1) is 6.47. The summed E-state index contributed by atoms with van der Waals surface area (Å²) in [5, 5.41) is 0. The van der Waals surface area contributed by atoms with E-state index in [9.17, 15) is 0 Å². The molecule has 1 heterocycles. The predicted molar refractivity (Wildman–Crippen MR) is 61.1 cm³/mol. The molecule has 0 aliphatic carbocycles. The molecule has 0 unspecified atom stereocenters. The van der Waals surface area contributed by atoms with Crippen LogP contribution in [-0.4, -0.2) is 24.2 Å². The molecule has 0 spiro atoms. The Morgan fingerprint density at radius 2 is 2.14 bits per heavy atom. The molecule has 0 aromatic carbocycles. The Balaban J connectivity index is 2.16. The van der Waals surface area contributed by atoms with Crippen molar-refractivity contribution in [3.63, 3.8) is 0 Å². The molecule has 0 atom stereocenters. The second-order valence-electron chi connectivity index (χ2n) is 4.88. The Morgan fingerprint density at radius 3 is 2.64 bits per heavy atom. The third-order valence-electron chi connectivity index (χ3n) is 2.00. The van der Waals surface area contributed by atoms with Gasteiger partial charge in [-0.2, -0.15) is 0 Å². The number of hydrogen-bond acceptors (Lipinski definition) is 2. The fraction of sp³-hybridized carbons (Fsp3) is 0.700. The van der Waals surface area contributed by atoms with Gasteiger partial charge in [-0.1, -0.05) is 19.6 Å². The average Bonchev–Trinajstić information content (AvgIpc) is 2.44. The van der Waals surface area contributed by atoms with Crippen molar-refractivity contribution in [1.29, 1.82) is 0 Å².